The molecule has 1 N–H and O–H groups in total. The number of anilines is 3. The maximum Gasteiger partial charge on any atom is 0.229 e. The molecule has 1 aromatic heterocycles. The van der Waals surface area contributed by atoms with Gasteiger partial charge in [-0.3, -0.25) is 4.79 Å². The zero-order valence-corrected chi connectivity index (χ0v) is 12.6. The van der Waals surface area contributed by atoms with E-state index in [1.165, 1.54) is 5.56 Å². The Morgan fingerprint density at radius 2 is 2.00 bits per heavy atom. The van der Waals surface area contributed by atoms with E-state index < -0.39 is 0 Å². The minimum absolute atomic E-state index is 0.584. The lowest BCUT2D eigenvalue weighted by molar-refractivity contribution is -0.118. The van der Waals surface area contributed by atoms with E-state index in [1.807, 2.05) is 18.2 Å². The maximum absolute atomic E-state index is 10.8. The number of aryl methyl sites for hydroxylation is 1. The van der Waals surface area contributed by atoms with Gasteiger partial charge in [-0.05, 0) is 30.7 Å². The van der Waals surface area contributed by atoms with Crippen LogP contribution in [0.3, 0.4) is 0 Å². The van der Waals surface area contributed by atoms with Gasteiger partial charge in [0.1, 0.15) is 5.82 Å². The molecule has 0 saturated carbocycles. The number of aromatic nitrogens is 2. The molecule has 1 aliphatic rings. The third-order valence-corrected chi connectivity index (χ3v) is 3.70. The van der Waals surface area contributed by atoms with Gasteiger partial charge in [-0.25, -0.2) is 4.98 Å². The first kappa shape index (κ1) is 14.3. The molecule has 1 fully saturated rings. The average Bonchev–Trinajstić information content (AvgIpc) is 2.55. The van der Waals surface area contributed by atoms with E-state index >= 15 is 0 Å². The maximum atomic E-state index is 10.8. The monoisotopic (exact) mass is 297 g/mol. The topological polar surface area (TPSA) is 61.4 Å². The molecule has 6 nitrogen and oxygen atoms in total. The first-order valence-electron chi connectivity index (χ1n) is 7.35. The largest absolute Gasteiger partial charge is 0.353 e. The van der Waals surface area contributed by atoms with Crippen molar-refractivity contribution in [2.45, 2.75) is 6.92 Å². The fourth-order valence-electron chi connectivity index (χ4n) is 2.49. The van der Waals surface area contributed by atoms with E-state index in [1.54, 1.807) is 11.1 Å². The summed E-state index contributed by atoms with van der Waals surface area (Å²) >= 11 is 0. The molecule has 2 heterocycles. The number of nitrogens with zero attached hydrogens (tertiary/aromatic N) is 4. The second-order valence-corrected chi connectivity index (χ2v) is 5.36. The Labute approximate surface area is 129 Å². The van der Waals surface area contributed by atoms with Gasteiger partial charge in [0.2, 0.25) is 12.4 Å². The molecule has 1 aliphatic heterocycles. The lowest BCUT2D eigenvalue weighted by atomic mass is 10.2. The zero-order chi connectivity index (χ0) is 15.4. The number of nitrogens with one attached hydrogen (secondary N) is 1. The number of hydrogen-bond acceptors (Lipinski definition) is 5. The van der Waals surface area contributed by atoms with Gasteiger partial charge in [0.25, 0.3) is 0 Å². The van der Waals surface area contributed by atoms with Crippen molar-refractivity contribution in [2.75, 3.05) is 36.4 Å². The Morgan fingerprint density at radius 3 is 2.73 bits per heavy atom. The minimum Gasteiger partial charge on any atom is -0.353 e. The summed E-state index contributed by atoms with van der Waals surface area (Å²) in [5.74, 6) is 1.47. The third kappa shape index (κ3) is 3.33. The summed E-state index contributed by atoms with van der Waals surface area (Å²) in [5.41, 5.74) is 2.16. The number of hydrogen-bond donors (Lipinski definition) is 1. The predicted octanol–water partition coefficient (Wildman–Crippen LogP) is 1.81. The molecule has 0 atom stereocenters. The summed E-state index contributed by atoms with van der Waals surface area (Å²) < 4.78 is 0. The standard InChI is InChI=1S/C16H19N5O/c1-13-3-2-4-14(11-13)18-16-17-6-5-15(19-16)21-9-7-20(12-22)8-10-21/h2-6,11-12H,7-10H2,1H3,(H,17,18,19). The van der Waals surface area contributed by atoms with E-state index in [-0.39, 0.29) is 0 Å². The van der Waals surface area contributed by atoms with Gasteiger partial charge in [-0.2, -0.15) is 4.98 Å². The van der Waals surface area contributed by atoms with E-state index in [4.69, 9.17) is 0 Å². The number of rotatable bonds is 4. The average molecular weight is 297 g/mol. The summed E-state index contributed by atoms with van der Waals surface area (Å²) in [5, 5.41) is 3.23. The Kier molecular flexibility index (Phi) is 4.18. The van der Waals surface area contributed by atoms with Crippen LogP contribution in [0.5, 0.6) is 0 Å². The first-order valence-corrected chi connectivity index (χ1v) is 7.35. The molecular weight excluding hydrogens is 278 g/mol. The van der Waals surface area contributed by atoms with Crippen LogP contribution in [-0.2, 0) is 4.79 Å². The first-order chi connectivity index (χ1) is 10.7. The van der Waals surface area contributed by atoms with Crippen LogP contribution < -0.4 is 10.2 Å². The van der Waals surface area contributed by atoms with Crippen molar-refractivity contribution in [3.8, 4) is 0 Å². The number of carbonyl (C=O) groups is 1. The van der Waals surface area contributed by atoms with Crippen LogP contribution in [0.15, 0.2) is 36.5 Å². The third-order valence-electron chi connectivity index (χ3n) is 3.70. The highest BCUT2D eigenvalue weighted by atomic mass is 16.1. The van der Waals surface area contributed by atoms with Gasteiger partial charge in [-0.15, -0.1) is 0 Å². The van der Waals surface area contributed by atoms with Crippen LogP contribution in [-0.4, -0.2) is 47.5 Å². The molecule has 1 saturated heterocycles. The van der Waals surface area contributed by atoms with Gasteiger partial charge < -0.3 is 15.1 Å². The Morgan fingerprint density at radius 1 is 1.18 bits per heavy atom. The van der Waals surface area contributed by atoms with Crippen LogP contribution in [0.2, 0.25) is 0 Å². The quantitative estimate of drug-likeness (QED) is 0.872. The van der Waals surface area contributed by atoms with Crippen molar-refractivity contribution in [1.82, 2.24) is 14.9 Å². The highest BCUT2D eigenvalue weighted by molar-refractivity contribution is 5.56. The molecule has 22 heavy (non-hydrogen) atoms. The molecule has 114 valence electrons. The van der Waals surface area contributed by atoms with Crippen molar-refractivity contribution >= 4 is 23.9 Å². The molecule has 6 heteroatoms. The summed E-state index contributed by atoms with van der Waals surface area (Å²) in [6.07, 6.45) is 2.66. The van der Waals surface area contributed by atoms with E-state index in [0.717, 1.165) is 44.1 Å². The highest BCUT2D eigenvalue weighted by Gasteiger charge is 2.17. The van der Waals surface area contributed by atoms with Crippen LogP contribution in [0.4, 0.5) is 17.5 Å². The van der Waals surface area contributed by atoms with Crippen molar-refractivity contribution in [2.24, 2.45) is 0 Å². The molecule has 0 bridgehead atoms. The summed E-state index contributed by atoms with van der Waals surface area (Å²) in [6, 6.07) is 10.00. The second kappa shape index (κ2) is 6.43. The lowest BCUT2D eigenvalue weighted by Crippen LogP contribution is -2.46. The van der Waals surface area contributed by atoms with Crippen LogP contribution in [0.1, 0.15) is 5.56 Å². The van der Waals surface area contributed by atoms with Crippen LogP contribution >= 0.6 is 0 Å². The smallest absolute Gasteiger partial charge is 0.229 e. The Hall–Kier alpha value is -2.63. The van der Waals surface area contributed by atoms with Crippen LogP contribution in [0, 0.1) is 6.92 Å². The van der Waals surface area contributed by atoms with Gasteiger partial charge >= 0.3 is 0 Å². The molecule has 0 radical (unpaired) electrons. The van der Waals surface area contributed by atoms with Gasteiger partial charge in [0.05, 0.1) is 0 Å². The number of benzene rings is 1. The minimum atomic E-state index is 0.584. The molecule has 0 aliphatic carbocycles. The Balaban J connectivity index is 1.71. The second-order valence-electron chi connectivity index (χ2n) is 5.36. The predicted molar refractivity (Wildman–Crippen MR) is 86.3 cm³/mol. The van der Waals surface area contributed by atoms with Crippen molar-refractivity contribution in [3.63, 3.8) is 0 Å². The van der Waals surface area contributed by atoms with Gasteiger partial charge in [0, 0.05) is 38.1 Å². The van der Waals surface area contributed by atoms with Crippen molar-refractivity contribution < 1.29 is 4.79 Å². The van der Waals surface area contributed by atoms with E-state index in [9.17, 15) is 4.79 Å². The summed E-state index contributed by atoms with van der Waals surface area (Å²) in [4.78, 5) is 23.6. The summed E-state index contributed by atoms with van der Waals surface area (Å²) in [7, 11) is 0. The normalized spacial score (nSPS) is 14.8. The van der Waals surface area contributed by atoms with Crippen molar-refractivity contribution in [1.29, 1.82) is 0 Å². The number of carbonyl (C=O) groups excluding carboxylic acids is 1. The highest BCUT2D eigenvalue weighted by Crippen LogP contribution is 2.18. The molecule has 0 unspecified atom stereocenters. The molecule has 0 spiro atoms. The van der Waals surface area contributed by atoms with E-state index in [0.29, 0.717) is 5.95 Å². The molecule has 1 aromatic carbocycles. The fraction of sp³-hybridized carbons (Fsp3) is 0.312. The fourth-order valence-corrected chi connectivity index (χ4v) is 2.49. The van der Waals surface area contributed by atoms with Gasteiger partial charge in [0.15, 0.2) is 0 Å². The molecule has 2 aromatic rings. The van der Waals surface area contributed by atoms with Crippen LogP contribution in [0.25, 0.3) is 0 Å². The van der Waals surface area contributed by atoms with Gasteiger partial charge in [-0.1, -0.05) is 12.1 Å². The zero-order valence-electron chi connectivity index (χ0n) is 12.6. The molecular formula is C16H19N5O. The SMILES string of the molecule is Cc1cccc(Nc2nccc(N3CCN(C=O)CC3)n2)c1. The number of amides is 1. The summed E-state index contributed by atoms with van der Waals surface area (Å²) in [6.45, 7) is 5.09. The molecule has 3 rings (SSSR count). The number of piperazine rings is 1. The Bertz CT molecular complexity index is 652. The molecule has 1 amide bonds. The lowest BCUT2D eigenvalue weighted by Gasteiger charge is -2.33. The van der Waals surface area contributed by atoms with E-state index in [2.05, 4.69) is 39.2 Å². The van der Waals surface area contributed by atoms with Crippen molar-refractivity contribution in [3.05, 3.63) is 42.1 Å².